The van der Waals surface area contributed by atoms with Gasteiger partial charge in [-0.1, -0.05) is 25.1 Å². The number of rotatable bonds is 6. The van der Waals surface area contributed by atoms with Crippen LogP contribution in [0.4, 0.5) is 0 Å². The summed E-state index contributed by atoms with van der Waals surface area (Å²) >= 11 is 0. The second kappa shape index (κ2) is 6.90. The van der Waals surface area contributed by atoms with Gasteiger partial charge in [-0.25, -0.2) is 0 Å². The molecule has 0 bridgehead atoms. The van der Waals surface area contributed by atoms with E-state index in [1.54, 1.807) is 0 Å². The first-order chi connectivity index (χ1) is 10.1. The van der Waals surface area contributed by atoms with Crippen molar-refractivity contribution in [2.75, 3.05) is 6.54 Å². The highest BCUT2D eigenvalue weighted by molar-refractivity contribution is 5.35. The molecule has 0 spiro atoms. The number of nitrogens with one attached hydrogen (secondary N) is 1. The molecular formula is C18H27N3. The fourth-order valence-electron chi connectivity index (χ4n) is 3.00. The summed E-state index contributed by atoms with van der Waals surface area (Å²) in [6, 6.07) is 9.07. The molecule has 2 rings (SSSR count). The van der Waals surface area contributed by atoms with Crippen LogP contribution in [0.25, 0.3) is 0 Å². The van der Waals surface area contributed by atoms with Crippen LogP contribution in [0.15, 0.2) is 24.3 Å². The summed E-state index contributed by atoms with van der Waals surface area (Å²) in [7, 11) is 0. The Morgan fingerprint density at radius 3 is 2.38 bits per heavy atom. The number of hydrogen-bond donors (Lipinski definition) is 1. The van der Waals surface area contributed by atoms with Crippen LogP contribution in [0.3, 0.4) is 0 Å². The molecule has 1 atom stereocenters. The molecule has 0 radical (unpaired) electrons. The van der Waals surface area contributed by atoms with Crippen molar-refractivity contribution in [1.82, 2.24) is 15.1 Å². The van der Waals surface area contributed by atoms with E-state index in [9.17, 15) is 0 Å². The van der Waals surface area contributed by atoms with Crippen molar-refractivity contribution >= 4 is 0 Å². The van der Waals surface area contributed by atoms with Gasteiger partial charge in [0.1, 0.15) is 0 Å². The third-order valence-electron chi connectivity index (χ3n) is 4.09. The molecule has 3 nitrogen and oxygen atoms in total. The van der Waals surface area contributed by atoms with Gasteiger partial charge < -0.3 is 5.32 Å². The number of aryl methyl sites for hydroxylation is 4. The van der Waals surface area contributed by atoms with E-state index >= 15 is 0 Å². The second-order valence-corrected chi connectivity index (χ2v) is 5.71. The number of hydrogen-bond acceptors (Lipinski definition) is 2. The van der Waals surface area contributed by atoms with Crippen LogP contribution in [-0.2, 0) is 13.0 Å². The minimum absolute atomic E-state index is 0.316. The zero-order valence-corrected chi connectivity index (χ0v) is 13.9. The van der Waals surface area contributed by atoms with Gasteiger partial charge in [0.25, 0.3) is 0 Å². The number of aromatic nitrogens is 2. The quantitative estimate of drug-likeness (QED) is 0.876. The van der Waals surface area contributed by atoms with E-state index in [-0.39, 0.29) is 0 Å². The average Bonchev–Trinajstić information content (AvgIpc) is 2.83. The third kappa shape index (κ3) is 3.53. The van der Waals surface area contributed by atoms with Crippen LogP contribution in [-0.4, -0.2) is 16.3 Å². The first-order valence-electron chi connectivity index (χ1n) is 7.89. The molecule has 1 heterocycles. The molecule has 114 valence electrons. The minimum Gasteiger partial charge on any atom is -0.309 e. The predicted octanol–water partition coefficient (Wildman–Crippen LogP) is 3.72. The van der Waals surface area contributed by atoms with Gasteiger partial charge in [0.2, 0.25) is 0 Å². The van der Waals surface area contributed by atoms with Gasteiger partial charge in [-0.15, -0.1) is 0 Å². The summed E-state index contributed by atoms with van der Waals surface area (Å²) < 4.78 is 2.12. The van der Waals surface area contributed by atoms with Crippen LogP contribution in [0.1, 0.15) is 48.0 Å². The summed E-state index contributed by atoms with van der Waals surface area (Å²) in [4.78, 5) is 0. The van der Waals surface area contributed by atoms with Crippen molar-refractivity contribution < 1.29 is 0 Å². The summed E-state index contributed by atoms with van der Waals surface area (Å²) in [6.07, 6.45) is 1.01. The van der Waals surface area contributed by atoms with Crippen molar-refractivity contribution in [3.8, 4) is 0 Å². The Bertz CT molecular complexity index is 578. The third-order valence-corrected chi connectivity index (χ3v) is 4.09. The molecule has 0 aliphatic carbocycles. The minimum atomic E-state index is 0.316. The molecule has 3 heteroatoms. The maximum atomic E-state index is 4.60. The highest BCUT2D eigenvalue weighted by Crippen LogP contribution is 2.23. The molecule has 0 aliphatic rings. The molecular weight excluding hydrogens is 258 g/mol. The van der Waals surface area contributed by atoms with Gasteiger partial charge in [0.15, 0.2) is 0 Å². The lowest BCUT2D eigenvalue weighted by Crippen LogP contribution is -2.26. The van der Waals surface area contributed by atoms with Gasteiger partial charge in [0.05, 0.1) is 17.4 Å². The fourth-order valence-corrected chi connectivity index (χ4v) is 3.00. The molecule has 2 aromatic rings. The van der Waals surface area contributed by atoms with Crippen molar-refractivity contribution in [3.05, 3.63) is 52.3 Å². The van der Waals surface area contributed by atoms with Crippen molar-refractivity contribution in [2.24, 2.45) is 0 Å². The van der Waals surface area contributed by atoms with E-state index in [1.807, 2.05) is 0 Å². The van der Waals surface area contributed by atoms with Crippen molar-refractivity contribution in [3.63, 3.8) is 0 Å². The Kier molecular flexibility index (Phi) is 5.18. The summed E-state index contributed by atoms with van der Waals surface area (Å²) in [5, 5.41) is 8.22. The van der Waals surface area contributed by atoms with Crippen LogP contribution in [0.5, 0.6) is 0 Å². The van der Waals surface area contributed by atoms with E-state index < -0.39 is 0 Å². The monoisotopic (exact) mass is 285 g/mol. The zero-order chi connectivity index (χ0) is 15.4. The first-order valence-corrected chi connectivity index (χ1v) is 7.89. The Morgan fingerprint density at radius 1 is 1.14 bits per heavy atom. The maximum absolute atomic E-state index is 4.60. The molecule has 1 aromatic heterocycles. The highest BCUT2D eigenvalue weighted by atomic mass is 15.3. The summed E-state index contributed by atoms with van der Waals surface area (Å²) in [6.45, 7) is 12.7. The summed E-state index contributed by atoms with van der Waals surface area (Å²) in [5.41, 5.74) is 6.58. The average molecular weight is 285 g/mol. The van der Waals surface area contributed by atoms with Crippen LogP contribution >= 0.6 is 0 Å². The normalized spacial score (nSPS) is 12.6. The standard InChI is InChI=1S/C18H27N3/c1-6-19-17(18-11-15(5)20-21(18)7-2)12-16-13(3)9-8-10-14(16)4/h8-11,17,19H,6-7,12H2,1-5H3. The van der Waals surface area contributed by atoms with Crippen LogP contribution in [0.2, 0.25) is 0 Å². The van der Waals surface area contributed by atoms with Gasteiger partial charge in [-0.05, 0) is 63.4 Å². The molecule has 0 aliphatic heterocycles. The van der Waals surface area contributed by atoms with E-state index in [4.69, 9.17) is 0 Å². The number of nitrogens with zero attached hydrogens (tertiary/aromatic N) is 2. The highest BCUT2D eigenvalue weighted by Gasteiger charge is 2.18. The smallest absolute Gasteiger partial charge is 0.0597 e. The van der Waals surface area contributed by atoms with Gasteiger partial charge in [-0.3, -0.25) is 4.68 Å². The molecule has 1 unspecified atom stereocenters. The van der Waals surface area contributed by atoms with Crippen LogP contribution < -0.4 is 5.32 Å². The molecule has 0 saturated heterocycles. The van der Waals surface area contributed by atoms with Gasteiger partial charge in [0, 0.05) is 6.54 Å². The lowest BCUT2D eigenvalue weighted by molar-refractivity contribution is 0.488. The van der Waals surface area contributed by atoms with E-state index in [1.165, 1.54) is 22.4 Å². The topological polar surface area (TPSA) is 29.9 Å². The second-order valence-electron chi connectivity index (χ2n) is 5.71. The van der Waals surface area contributed by atoms with E-state index in [2.05, 4.69) is 74.0 Å². The SMILES string of the molecule is CCNC(Cc1c(C)cccc1C)c1cc(C)nn1CC. The number of benzene rings is 1. The molecule has 0 fully saturated rings. The summed E-state index contributed by atoms with van der Waals surface area (Å²) in [5.74, 6) is 0. The lowest BCUT2D eigenvalue weighted by Gasteiger charge is -2.21. The van der Waals surface area contributed by atoms with Crippen LogP contribution in [0, 0.1) is 20.8 Å². The largest absolute Gasteiger partial charge is 0.309 e. The first kappa shape index (κ1) is 15.8. The Morgan fingerprint density at radius 2 is 1.81 bits per heavy atom. The Labute approximate surface area is 128 Å². The molecule has 0 amide bonds. The van der Waals surface area contributed by atoms with Gasteiger partial charge >= 0.3 is 0 Å². The van der Waals surface area contributed by atoms with Crippen molar-refractivity contribution in [2.45, 2.75) is 53.6 Å². The van der Waals surface area contributed by atoms with Gasteiger partial charge in [-0.2, -0.15) is 5.10 Å². The van der Waals surface area contributed by atoms with Crippen molar-refractivity contribution in [1.29, 1.82) is 0 Å². The van der Waals surface area contributed by atoms with E-state index in [0.717, 1.165) is 25.2 Å². The Hall–Kier alpha value is -1.61. The predicted molar refractivity (Wildman–Crippen MR) is 88.7 cm³/mol. The zero-order valence-electron chi connectivity index (χ0n) is 13.9. The maximum Gasteiger partial charge on any atom is 0.0597 e. The molecule has 1 aromatic carbocycles. The lowest BCUT2D eigenvalue weighted by atomic mass is 9.95. The molecule has 0 saturated carbocycles. The molecule has 21 heavy (non-hydrogen) atoms. The Balaban J connectivity index is 2.35. The number of likely N-dealkylation sites (N-methyl/N-ethyl adjacent to an activating group) is 1. The molecule has 1 N–H and O–H groups in total. The fraction of sp³-hybridized carbons (Fsp3) is 0.500. The van der Waals surface area contributed by atoms with E-state index in [0.29, 0.717) is 6.04 Å².